The zero-order valence-electron chi connectivity index (χ0n) is 8.19. The van der Waals surface area contributed by atoms with Gasteiger partial charge in [0.15, 0.2) is 0 Å². The van der Waals surface area contributed by atoms with Crippen molar-refractivity contribution >= 4 is 0 Å². The van der Waals surface area contributed by atoms with Crippen LogP contribution >= 0.6 is 0 Å². The molecule has 0 saturated heterocycles. The molecule has 0 aromatic heterocycles. The summed E-state index contributed by atoms with van der Waals surface area (Å²) in [6, 6.07) is 0.481. The molecule has 0 spiro atoms. The van der Waals surface area contributed by atoms with Crippen molar-refractivity contribution in [1.29, 1.82) is 0 Å². The highest BCUT2D eigenvalue weighted by Gasteiger charge is 2.01. The van der Waals surface area contributed by atoms with E-state index in [0.717, 1.165) is 25.8 Å². The molecule has 0 aromatic rings. The SMILES string of the molecule is C#CCC(CC)NCCC(=C)C. The number of hydrogen-bond donors (Lipinski definition) is 1. The standard InChI is InChI=1S/C11H19N/c1-5-7-11(6-2)12-9-8-10(3)4/h1,11-12H,3,6-9H2,2,4H3. The summed E-state index contributed by atoms with van der Waals surface area (Å²) in [6.45, 7) is 9.03. The predicted octanol–water partition coefficient (Wildman–Crippen LogP) is 2.34. The molecule has 1 N–H and O–H groups in total. The van der Waals surface area contributed by atoms with Gasteiger partial charge in [0, 0.05) is 12.5 Å². The minimum atomic E-state index is 0.481. The summed E-state index contributed by atoms with van der Waals surface area (Å²) in [7, 11) is 0. The molecule has 0 aliphatic rings. The number of rotatable bonds is 6. The zero-order valence-corrected chi connectivity index (χ0v) is 8.19. The molecule has 12 heavy (non-hydrogen) atoms. The van der Waals surface area contributed by atoms with E-state index in [1.807, 2.05) is 6.92 Å². The van der Waals surface area contributed by atoms with Crippen LogP contribution in [0.15, 0.2) is 12.2 Å². The lowest BCUT2D eigenvalue weighted by molar-refractivity contribution is 0.510. The third kappa shape index (κ3) is 6.00. The fourth-order valence-electron chi connectivity index (χ4n) is 0.993. The summed E-state index contributed by atoms with van der Waals surface area (Å²) in [5.41, 5.74) is 1.22. The first kappa shape index (κ1) is 11.3. The van der Waals surface area contributed by atoms with E-state index in [1.165, 1.54) is 5.57 Å². The Morgan fingerprint density at radius 2 is 2.33 bits per heavy atom. The number of terminal acetylenes is 1. The molecule has 0 rings (SSSR count). The van der Waals surface area contributed by atoms with Crippen molar-refractivity contribution in [2.45, 2.75) is 39.2 Å². The van der Waals surface area contributed by atoms with E-state index < -0.39 is 0 Å². The summed E-state index contributed by atoms with van der Waals surface area (Å²) in [5, 5.41) is 3.40. The van der Waals surface area contributed by atoms with E-state index in [4.69, 9.17) is 6.42 Å². The van der Waals surface area contributed by atoms with Crippen LogP contribution in [0.3, 0.4) is 0 Å². The largest absolute Gasteiger partial charge is 0.313 e. The monoisotopic (exact) mass is 165 g/mol. The van der Waals surface area contributed by atoms with Crippen molar-refractivity contribution < 1.29 is 0 Å². The molecule has 0 saturated carbocycles. The van der Waals surface area contributed by atoms with Gasteiger partial charge >= 0.3 is 0 Å². The van der Waals surface area contributed by atoms with Crippen molar-refractivity contribution in [3.05, 3.63) is 12.2 Å². The van der Waals surface area contributed by atoms with Gasteiger partial charge in [0.2, 0.25) is 0 Å². The van der Waals surface area contributed by atoms with Gasteiger partial charge in [0.25, 0.3) is 0 Å². The van der Waals surface area contributed by atoms with Crippen LogP contribution in [-0.4, -0.2) is 12.6 Å². The molecule has 0 aliphatic heterocycles. The van der Waals surface area contributed by atoms with Crippen molar-refractivity contribution in [2.24, 2.45) is 0 Å². The molecule has 1 atom stereocenters. The maximum atomic E-state index is 5.23. The van der Waals surface area contributed by atoms with E-state index >= 15 is 0 Å². The van der Waals surface area contributed by atoms with Crippen LogP contribution in [0.5, 0.6) is 0 Å². The van der Waals surface area contributed by atoms with Crippen LogP contribution < -0.4 is 5.32 Å². The highest BCUT2D eigenvalue weighted by atomic mass is 14.9. The molecule has 0 fully saturated rings. The fourth-order valence-corrected chi connectivity index (χ4v) is 0.993. The Bertz CT molecular complexity index is 164. The van der Waals surface area contributed by atoms with Crippen LogP contribution in [0.4, 0.5) is 0 Å². The number of hydrogen-bond acceptors (Lipinski definition) is 1. The lowest BCUT2D eigenvalue weighted by atomic mass is 10.1. The highest BCUT2D eigenvalue weighted by Crippen LogP contribution is 1.98. The highest BCUT2D eigenvalue weighted by molar-refractivity contribution is 4.91. The first-order valence-electron chi connectivity index (χ1n) is 4.52. The van der Waals surface area contributed by atoms with Crippen molar-refractivity contribution in [3.63, 3.8) is 0 Å². The normalized spacial score (nSPS) is 12.1. The van der Waals surface area contributed by atoms with E-state index in [0.29, 0.717) is 6.04 Å². The Hall–Kier alpha value is -0.740. The Labute approximate surface area is 76.2 Å². The number of nitrogens with one attached hydrogen (secondary N) is 1. The van der Waals surface area contributed by atoms with Gasteiger partial charge in [-0.15, -0.1) is 18.9 Å². The van der Waals surface area contributed by atoms with Gasteiger partial charge in [-0.1, -0.05) is 12.5 Å². The van der Waals surface area contributed by atoms with Gasteiger partial charge in [-0.05, 0) is 26.3 Å². The molecule has 0 amide bonds. The van der Waals surface area contributed by atoms with Gasteiger partial charge in [-0.3, -0.25) is 0 Å². The molecule has 1 unspecified atom stereocenters. The Morgan fingerprint density at radius 3 is 2.75 bits per heavy atom. The van der Waals surface area contributed by atoms with Crippen LogP contribution in [0.1, 0.15) is 33.1 Å². The van der Waals surface area contributed by atoms with Gasteiger partial charge in [-0.25, -0.2) is 0 Å². The lowest BCUT2D eigenvalue weighted by Crippen LogP contribution is -2.28. The molecular formula is C11H19N. The minimum absolute atomic E-state index is 0.481. The van der Waals surface area contributed by atoms with Gasteiger partial charge in [0.1, 0.15) is 0 Å². The summed E-state index contributed by atoms with van der Waals surface area (Å²) < 4.78 is 0. The second-order valence-electron chi connectivity index (χ2n) is 3.17. The smallest absolute Gasteiger partial charge is 0.0240 e. The van der Waals surface area contributed by atoms with E-state index in [1.54, 1.807) is 0 Å². The van der Waals surface area contributed by atoms with E-state index in [2.05, 4.69) is 24.7 Å². The summed E-state index contributed by atoms with van der Waals surface area (Å²) in [5.74, 6) is 2.67. The quantitative estimate of drug-likeness (QED) is 0.470. The molecule has 0 radical (unpaired) electrons. The third-order valence-corrected chi connectivity index (χ3v) is 1.84. The fraction of sp³-hybridized carbons (Fsp3) is 0.636. The Morgan fingerprint density at radius 1 is 1.67 bits per heavy atom. The maximum absolute atomic E-state index is 5.23. The van der Waals surface area contributed by atoms with Gasteiger partial charge in [0.05, 0.1) is 0 Å². The van der Waals surface area contributed by atoms with Crippen LogP contribution in [0, 0.1) is 12.3 Å². The Balaban J connectivity index is 3.45. The maximum Gasteiger partial charge on any atom is 0.0240 e. The lowest BCUT2D eigenvalue weighted by Gasteiger charge is -2.13. The summed E-state index contributed by atoms with van der Waals surface area (Å²) >= 11 is 0. The predicted molar refractivity (Wildman–Crippen MR) is 55.0 cm³/mol. The van der Waals surface area contributed by atoms with E-state index in [-0.39, 0.29) is 0 Å². The average molecular weight is 165 g/mol. The van der Waals surface area contributed by atoms with Gasteiger partial charge < -0.3 is 5.32 Å². The van der Waals surface area contributed by atoms with Crippen LogP contribution in [0.25, 0.3) is 0 Å². The molecular weight excluding hydrogens is 146 g/mol. The molecule has 1 heteroatoms. The van der Waals surface area contributed by atoms with Crippen LogP contribution in [0.2, 0.25) is 0 Å². The molecule has 0 heterocycles. The molecule has 0 bridgehead atoms. The molecule has 1 nitrogen and oxygen atoms in total. The summed E-state index contributed by atoms with van der Waals surface area (Å²) in [4.78, 5) is 0. The molecule has 68 valence electrons. The van der Waals surface area contributed by atoms with Crippen molar-refractivity contribution in [3.8, 4) is 12.3 Å². The van der Waals surface area contributed by atoms with Crippen molar-refractivity contribution in [1.82, 2.24) is 5.32 Å². The minimum Gasteiger partial charge on any atom is -0.313 e. The molecule has 0 aliphatic carbocycles. The second-order valence-corrected chi connectivity index (χ2v) is 3.17. The third-order valence-electron chi connectivity index (χ3n) is 1.84. The Kier molecular flexibility index (Phi) is 6.51. The van der Waals surface area contributed by atoms with E-state index in [9.17, 15) is 0 Å². The summed E-state index contributed by atoms with van der Waals surface area (Å²) in [6.07, 6.45) is 8.20. The van der Waals surface area contributed by atoms with Gasteiger partial charge in [-0.2, -0.15) is 0 Å². The van der Waals surface area contributed by atoms with Crippen molar-refractivity contribution in [2.75, 3.05) is 6.54 Å². The first-order chi connectivity index (χ1) is 5.70. The average Bonchev–Trinajstić information content (AvgIpc) is 2.02. The van der Waals surface area contributed by atoms with Crippen LogP contribution in [-0.2, 0) is 0 Å². The molecule has 0 aromatic carbocycles. The topological polar surface area (TPSA) is 12.0 Å². The second kappa shape index (κ2) is 6.94. The zero-order chi connectivity index (χ0) is 9.40. The first-order valence-corrected chi connectivity index (χ1v) is 4.52.